The van der Waals surface area contributed by atoms with E-state index in [4.69, 9.17) is 5.10 Å². The van der Waals surface area contributed by atoms with Gasteiger partial charge < -0.3 is 0 Å². The lowest BCUT2D eigenvalue weighted by atomic mass is 10.2. The van der Waals surface area contributed by atoms with Crippen LogP contribution in [0, 0.1) is 0 Å². The topological polar surface area (TPSA) is 17.8 Å². The zero-order valence-electron chi connectivity index (χ0n) is 10.2. The predicted octanol–water partition coefficient (Wildman–Crippen LogP) is 4.16. The molecule has 1 aromatic carbocycles. The summed E-state index contributed by atoms with van der Waals surface area (Å²) in [5.41, 5.74) is 3.51. The van der Waals surface area contributed by atoms with E-state index in [-0.39, 0.29) is 0 Å². The Morgan fingerprint density at radius 1 is 1.11 bits per heavy atom. The first-order valence-corrected chi connectivity index (χ1v) is 6.94. The normalized spacial score (nSPS) is 10.7. The summed E-state index contributed by atoms with van der Waals surface area (Å²) >= 11 is 1.74. The predicted molar refractivity (Wildman–Crippen MR) is 76.3 cm³/mol. The van der Waals surface area contributed by atoms with E-state index in [0.717, 1.165) is 17.8 Å². The molecule has 3 rings (SSSR count). The van der Waals surface area contributed by atoms with Crippen molar-refractivity contribution in [2.45, 2.75) is 13.3 Å². The van der Waals surface area contributed by atoms with Crippen LogP contribution < -0.4 is 0 Å². The van der Waals surface area contributed by atoms with Gasteiger partial charge in [0.2, 0.25) is 0 Å². The van der Waals surface area contributed by atoms with Crippen molar-refractivity contribution in [3.8, 4) is 16.3 Å². The van der Waals surface area contributed by atoms with Crippen molar-refractivity contribution in [2.75, 3.05) is 0 Å². The van der Waals surface area contributed by atoms with Crippen molar-refractivity contribution in [2.24, 2.45) is 0 Å². The van der Waals surface area contributed by atoms with Crippen LogP contribution >= 0.6 is 11.3 Å². The van der Waals surface area contributed by atoms with Crippen LogP contribution in [0.4, 0.5) is 0 Å². The summed E-state index contributed by atoms with van der Waals surface area (Å²) in [6, 6.07) is 14.4. The maximum atomic E-state index is 4.72. The van der Waals surface area contributed by atoms with Gasteiger partial charge in [-0.3, -0.25) is 0 Å². The van der Waals surface area contributed by atoms with Crippen LogP contribution in [0.25, 0.3) is 16.3 Å². The molecule has 0 aliphatic rings. The fourth-order valence-electron chi connectivity index (χ4n) is 2.00. The van der Waals surface area contributed by atoms with E-state index in [1.165, 1.54) is 10.4 Å². The number of thiophene rings is 1. The molecule has 0 saturated heterocycles. The molecule has 90 valence electrons. The summed E-state index contributed by atoms with van der Waals surface area (Å²) in [5.74, 6) is 0. The number of aromatic nitrogens is 2. The Morgan fingerprint density at radius 3 is 2.61 bits per heavy atom. The minimum Gasteiger partial charge on any atom is -0.240 e. The van der Waals surface area contributed by atoms with Crippen LogP contribution in [0.3, 0.4) is 0 Å². The third-order valence-corrected chi connectivity index (χ3v) is 3.82. The SMILES string of the molecule is CCc1cn(-c2ccccc2)nc1-c1cccs1. The second-order valence-electron chi connectivity index (χ2n) is 4.11. The van der Waals surface area contributed by atoms with Gasteiger partial charge in [-0.15, -0.1) is 11.3 Å². The van der Waals surface area contributed by atoms with Gasteiger partial charge in [-0.05, 0) is 35.6 Å². The standard InChI is InChI=1S/C15H14N2S/c1-2-12-11-17(13-7-4-3-5-8-13)16-15(12)14-9-6-10-18-14/h3-11H,2H2,1H3. The highest BCUT2D eigenvalue weighted by Gasteiger charge is 2.11. The number of rotatable bonds is 3. The summed E-state index contributed by atoms with van der Waals surface area (Å²) in [4.78, 5) is 1.24. The van der Waals surface area contributed by atoms with Crippen molar-refractivity contribution in [1.82, 2.24) is 9.78 Å². The van der Waals surface area contributed by atoms with Gasteiger partial charge in [-0.25, -0.2) is 4.68 Å². The number of hydrogen-bond acceptors (Lipinski definition) is 2. The molecule has 0 fully saturated rings. The summed E-state index contributed by atoms with van der Waals surface area (Å²) in [5, 5.41) is 6.81. The quantitative estimate of drug-likeness (QED) is 0.686. The Balaban J connectivity index is 2.09. The smallest absolute Gasteiger partial charge is 0.106 e. The van der Waals surface area contributed by atoms with Crippen LogP contribution in [0.5, 0.6) is 0 Å². The molecule has 0 saturated carbocycles. The Morgan fingerprint density at radius 2 is 1.94 bits per heavy atom. The first-order chi connectivity index (χ1) is 8.88. The van der Waals surface area contributed by atoms with Crippen LogP contribution in [-0.4, -0.2) is 9.78 Å². The summed E-state index contributed by atoms with van der Waals surface area (Å²) in [6.45, 7) is 2.17. The van der Waals surface area contributed by atoms with Gasteiger partial charge in [0.1, 0.15) is 5.69 Å². The molecule has 0 N–H and O–H groups in total. The lowest BCUT2D eigenvalue weighted by molar-refractivity contribution is 0.884. The van der Waals surface area contributed by atoms with Crippen LogP contribution in [0.2, 0.25) is 0 Å². The Hall–Kier alpha value is -1.87. The minimum absolute atomic E-state index is 1.00. The lowest BCUT2D eigenvalue weighted by Gasteiger charge is -1.99. The van der Waals surface area contributed by atoms with Gasteiger partial charge in [0.25, 0.3) is 0 Å². The largest absolute Gasteiger partial charge is 0.240 e. The summed E-state index contributed by atoms with van der Waals surface area (Å²) in [6.07, 6.45) is 3.13. The van der Waals surface area contributed by atoms with Crippen LogP contribution in [0.15, 0.2) is 54.0 Å². The molecule has 0 atom stereocenters. The molecule has 2 aromatic heterocycles. The molecule has 0 bridgehead atoms. The molecule has 18 heavy (non-hydrogen) atoms. The number of benzene rings is 1. The molecule has 3 aromatic rings. The second kappa shape index (κ2) is 4.78. The fraction of sp³-hybridized carbons (Fsp3) is 0.133. The second-order valence-corrected chi connectivity index (χ2v) is 5.06. The third-order valence-electron chi connectivity index (χ3n) is 2.95. The lowest BCUT2D eigenvalue weighted by Crippen LogP contribution is -1.93. The van der Waals surface area contributed by atoms with E-state index in [1.54, 1.807) is 11.3 Å². The fourth-order valence-corrected chi connectivity index (χ4v) is 2.75. The van der Waals surface area contributed by atoms with Crippen molar-refractivity contribution in [3.05, 3.63) is 59.6 Å². The van der Waals surface area contributed by atoms with E-state index in [1.807, 2.05) is 22.9 Å². The first kappa shape index (κ1) is 11.2. The first-order valence-electron chi connectivity index (χ1n) is 6.06. The zero-order valence-corrected chi connectivity index (χ0v) is 11.0. The number of aryl methyl sites for hydroxylation is 1. The minimum atomic E-state index is 1.00. The van der Waals surface area contributed by atoms with Gasteiger partial charge >= 0.3 is 0 Å². The average molecular weight is 254 g/mol. The molecule has 0 amide bonds. The van der Waals surface area contributed by atoms with Crippen LogP contribution in [-0.2, 0) is 6.42 Å². The van der Waals surface area contributed by atoms with Crippen molar-refractivity contribution < 1.29 is 0 Å². The van der Waals surface area contributed by atoms with E-state index in [9.17, 15) is 0 Å². The molecular formula is C15H14N2S. The van der Waals surface area contributed by atoms with Crippen molar-refractivity contribution >= 4 is 11.3 Å². The van der Waals surface area contributed by atoms with Gasteiger partial charge in [0.05, 0.1) is 10.6 Å². The molecule has 2 heterocycles. The van der Waals surface area contributed by atoms with E-state index >= 15 is 0 Å². The summed E-state index contributed by atoms with van der Waals surface area (Å²) in [7, 11) is 0. The monoisotopic (exact) mass is 254 g/mol. The highest BCUT2D eigenvalue weighted by Crippen LogP contribution is 2.27. The molecular weight excluding hydrogens is 240 g/mol. The molecule has 2 nitrogen and oxygen atoms in total. The van der Waals surface area contributed by atoms with E-state index in [0.29, 0.717) is 0 Å². The van der Waals surface area contributed by atoms with Crippen molar-refractivity contribution in [1.29, 1.82) is 0 Å². The van der Waals surface area contributed by atoms with Crippen molar-refractivity contribution in [3.63, 3.8) is 0 Å². The zero-order chi connectivity index (χ0) is 12.4. The highest BCUT2D eigenvalue weighted by molar-refractivity contribution is 7.13. The molecule has 0 aliphatic carbocycles. The number of nitrogens with zero attached hydrogens (tertiary/aromatic N) is 2. The molecule has 0 spiro atoms. The molecule has 0 aliphatic heterocycles. The Bertz CT molecular complexity index is 624. The number of hydrogen-bond donors (Lipinski definition) is 0. The van der Waals surface area contributed by atoms with E-state index in [2.05, 4.69) is 42.8 Å². The third kappa shape index (κ3) is 1.97. The van der Waals surface area contributed by atoms with Gasteiger partial charge in [0, 0.05) is 6.20 Å². The molecule has 0 radical (unpaired) electrons. The average Bonchev–Trinajstić information content (AvgIpc) is 3.08. The summed E-state index contributed by atoms with van der Waals surface area (Å²) < 4.78 is 1.97. The van der Waals surface area contributed by atoms with Crippen LogP contribution in [0.1, 0.15) is 12.5 Å². The van der Waals surface area contributed by atoms with Gasteiger partial charge in [-0.1, -0.05) is 31.2 Å². The molecule has 0 unspecified atom stereocenters. The maximum Gasteiger partial charge on any atom is 0.106 e. The Labute approximate surface area is 111 Å². The van der Waals surface area contributed by atoms with Gasteiger partial charge in [0.15, 0.2) is 0 Å². The van der Waals surface area contributed by atoms with E-state index < -0.39 is 0 Å². The molecule has 3 heteroatoms. The highest BCUT2D eigenvalue weighted by atomic mass is 32.1. The maximum absolute atomic E-state index is 4.72. The van der Waals surface area contributed by atoms with Gasteiger partial charge in [-0.2, -0.15) is 5.10 Å². The number of para-hydroxylation sites is 1. The Kier molecular flexibility index (Phi) is 2.99.